The van der Waals surface area contributed by atoms with Gasteiger partial charge in [-0.05, 0) is 50.9 Å². The van der Waals surface area contributed by atoms with Crippen molar-refractivity contribution in [3.63, 3.8) is 0 Å². The molecule has 152 valence electrons. The average Bonchev–Trinajstić information content (AvgIpc) is 3.17. The highest BCUT2D eigenvalue weighted by Crippen LogP contribution is 2.36. The van der Waals surface area contributed by atoms with Crippen LogP contribution < -0.4 is 0 Å². The lowest BCUT2D eigenvalue weighted by molar-refractivity contribution is -0.201. The molecule has 28 heavy (non-hydrogen) atoms. The lowest BCUT2D eigenvalue weighted by atomic mass is 9.74. The summed E-state index contributed by atoms with van der Waals surface area (Å²) in [4.78, 5) is 65.4. The first-order valence-electron chi connectivity index (χ1n) is 9.90. The Morgan fingerprint density at radius 3 is 2.07 bits per heavy atom. The van der Waals surface area contributed by atoms with Gasteiger partial charge in [-0.15, -0.1) is 5.06 Å². The van der Waals surface area contributed by atoms with Gasteiger partial charge in [-0.1, -0.05) is 6.92 Å². The molecule has 0 bridgehead atoms. The minimum atomic E-state index is -0.512. The second-order valence-electron chi connectivity index (χ2n) is 8.05. The van der Waals surface area contributed by atoms with Crippen LogP contribution in [0.15, 0.2) is 12.2 Å². The SMILES string of the molecule is CC(CC(C)N1C(=O)C=CC1=O)C1CCC(C(=O)ON2C(=O)CCC2=O)CC1. The topological polar surface area (TPSA) is 101 Å². The highest BCUT2D eigenvalue weighted by Gasteiger charge is 2.37. The Kier molecular flexibility index (Phi) is 5.96. The third-order valence-electron chi connectivity index (χ3n) is 6.09. The number of rotatable bonds is 6. The van der Waals surface area contributed by atoms with Crippen molar-refractivity contribution in [2.45, 2.75) is 64.8 Å². The lowest BCUT2D eigenvalue weighted by Gasteiger charge is -2.34. The number of nitrogens with zero attached hydrogens (tertiary/aromatic N) is 2. The first-order chi connectivity index (χ1) is 13.3. The van der Waals surface area contributed by atoms with Gasteiger partial charge in [0.15, 0.2) is 0 Å². The molecule has 0 aromatic carbocycles. The summed E-state index contributed by atoms with van der Waals surface area (Å²) in [6.45, 7) is 3.99. The molecule has 3 rings (SSSR count). The van der Waals surface area contributed by atoms with Crippen molar-refractivity contribution < 1.29 is 28.8 Å². The van der Waals surface area contributed by atoms with Crippen molar-refractivity contribution in [1.82, 2.24) is 9.96 Å². The van der Waals surface area contributed by atoms with Crippen LogP contribution >= 0.6 is 0 Å². The monoisotopic (exact) mass is 390 g/mol. The Morgan fingerprint density at radius 2 is 1.54 bits per heavy atom. The Bertz CT molecular complexity index is 688. The second kappa shape index (κ2) is 8.24. The van der Waals surface area contributed by atoms with Gasteiger partial charge in [0.1, 0.15) is 0 Å². The summed E-state index contributed by atoms with van der Waals surface area (Å²) in [5.41, 5.74) is 0. The molecule has 1 aliphatic carbocycles. The molecule has 0 aromatic heterocycles. The van der Waals surface area contributed by atoms with E-state index in [-0.39, 0.29) is 36.6 Å². The zero-order chi connectivity index (χ0) is 20.4. The predicted octanol–water partition coefficient (Wildman–Crippen LogP) is 1.74. The van der Waals surface area contributed by atoms with E-state index in [2.05, 4.69) is 6.92 Å². The molecule has 0 N–H and O–H groups in total. The molecule has 3 aliphatic rings. The molecular weight excluding hydrogens is 364 g/mol. The minimum absolute atomic E-state index is 0.0894. The van der Waals surface area contributed by atoms with Crippen LogP contribution in [0.25, 0.3) is 0 Å². The third-order valence-corrected chi connectivity index (χ3v) is 6.09. The van der Waals surface area contributed by atoms with Gasteiger partial charge in [-0.3, -0.25) is 24.1 Å². The summed E-state index contributed by atoms with van der Waals surface area (Å²) in [6, 6.07) is -0.167. The van der Waals surface area contributed by atoms with E-state index in [0.29, 0.717) is 29.7 Å². The highest BCUT2D eigenvalue weighted by atomic mass is 16.7. The first kappa shape index (κ1) is 20.2. The van der Waals surface area contributed by atoms with Gasteiger partial charge in [-0.25, -0.2) is 4.79 Å². The molecule has 2 atom stereocenters. The van der Waals surface area contributed by atoms with Gasteiger partial charge in [0.25, 0.3) is 23.6 Å². The van der Waals surface area contributed by atoms with Gasteiger partial charge >= 0.3 is 5.97 Å². The summed E-state index contributed by atoms with van der Waals surface area (Å²) >= 11 is 0. The van der Waals surface area contributed by atoms with Crippen LogP contribution in [0.1, 0.15) is 58.8 Å². The number of hydroxylamine groups is 2. The number of amides is 4. The maximum atomic E-state index is 12.3. The molecule has 2 unspecified atom stereocenters. The summed E-state index contributed by atoms with van der Waals surface area (Å²) < 4.78 is 0. The largest absolute Gasteiger partial charge is 0.336 e. The molecule has 1 saturated heterocycles. The smallest absolute Gasteiger partial charge is 0.330 e. The molecule has 2 fully saturated rings. The first-order valence-corrected chi connectivity index (χ1v) is 9.90. The van der Waals surface area contributed by atoms with E-state index >= 15 is 0 Å². The quantitative estimate of drug-likeness (QED) is 0.640. The second-order valence-corrected chi connectivity index (χ2v) is 8.05. The number of hydrogen-bond acceptors (Lipinski definition) is 6. The van der Waals surface area contributed by atoms with Crippen molar-refractivity contribution in [2.75, 3.05) is 0 Å². The van der Waals surface area contributed by atoms with Crippen LogP contribution in [0.3, 0.4) is 0 Å². The van der Waals surface area contributed by atoms with Crippen molar-refractivity contribution in [3.05, 3.63) is 12.2 Å². The molecule has 8 nitrogen and oxygen atoms in total. The van der Waals surface area contributed by atoms with Gasteiger partial charge in [0.2, 0.25) is 0 Å². The molecular formula is C20H26N2O6. The lowest BCUT2D eigenvalue weighted by Crippen LogP contribution is -2.40. The van der Waals surface area contributed by atoms with Gasteiger partial charge < -0.3 is 4.84 Å². The maximum Gasteiger partial charge on any atom is 0.336 e. The Labute approximate surface area is 163 Å². The molecule has 2 heterocycles. The van der Waals surface area contributed by atoms with Crippen LogP contribution in [0.4, 0.5) is 0 Å². The van der Waals surface area contributed by atoms with E-state index in [1.165, 1.54) is 17.1 Å². The van der Waals surface area contributed by atoms with E-state index < -0.39 is 17.8 Å². The summed E-state index contributed by atoms with van der Waals surface area (Å²) in [5, 5.41) is 0.608. The van der Waals surface area contributed by atoms with Crippen molar-refractivity contribution in [3.8, 4) is 0 Å². The molecule has 1 saturated carbocycles. The van der Waals surface area contributed by atoms with Gasteiger partial charge in [0.05, 0.1) is 5.92 Å². The van der Waals surface area contributed by atoms with Crippen molar-refractivity contribution in [2.24, 2.45) is 17.8 Å². The van der Waals surface area contributed by atoms with E-state index in [4.69, 9.17) is 4.84 Å². The Balaban J connectivity index is 1.46. The average molecular weight is 390 g/mol. The van der Waals surface area contributed by atoms with Gasteiger partial charge in [0, 0.05) is 31.0 Å². The van der Waals surface area contributed by atoms with Crippen LogP contribution in [0.5, 0.6) is 0 Å². The normalized spacial score (nSPS) is 27.5. The molecule has 0 radical (unpaired) electrons. The highest BCUT2D eigenvalue weighted by molar-refractivity contribution is 6.13. The zero-order valence-electron chi connectivity index (χ0n) is 16.3. The minimum Gasteiger partial charge on any atom is -0.330 e. The number of carbonyl (C=O) groups excluding carboxylic acids is 5. The Hall–Kier alpha value is -2.51. The van der Waals surface area contributed by atoms with Crippen LogP contribution in [-0.4, -0.2) is 45.6 Å². The van der Waals surface area contributed by atoms with E-state index in [1.54, 1.807) is 0 Å². The Morgan fingerprint density at radius 1 is 1.00 bits per heavy atom. The fraction of sp³-hybridized carbons (Fsp3) is 0.650. The van der Waals surface area contributed by atoms with Crippen molar-refractivity contribution in [1.29, 1.82) is 0 Å². The predicted molar refractivity (Wildman–Crippen MR) is 96.9 cm³/mol. The van der Waals surface area contributed by atoms with Crippen LogP contribution in [-0.2, 0) is 28.8 Å². The molecule has 8 heteroatoms. The summed E-state index contributed by atoms with van der Waals surface area (Å²) in [5.74, 6) is -1.58. The summed E-state index contributed by atoms with van der Waals surface area (Å²) in [7, 11) is 0. The fourth-order valence-electron chi connectivity index (χ4n) is 4.43. The van der Waals surface area contributed by atoms with Crippen LogP contribution in [0, 0.1) is 17.8 Å². The summed E-state index contributed by atoms with van der Waals surface area (Å²) in [6.07, 6.45) is 6.44. The van der Waals surface area contributed by atoms with Gasteiger partial charge in [-0.2, -0.15) is 0 Å². The molecule has 4 amide bonds. The van der Waals surface area contributed by atoms with Crippen LogP contribution in [0.2, 0.25) is 0 Å². The number of hydrogen-bond donors (Lipinski definition) is 0. The van der Waals surface area contributed by atoms with Crippen molar-refractivity contribution >= 4 is 29.6 Å². The number of imide groups is 2. The molecule has 2 aliphatic heterocycles. The maximum absolute atomic E-state index is 12.3. The molecule has 0 spiro atoms. The third kappa shape index (κ3) is 4.15. The zero-order valence-corrected chi connectivity index (χ0v) is 16.3. The fourth-order valence-corrected chi connectivity index (χ4v) is 4.43. The number of carbonyl (C=O) groups is 5. The van der Waals surface area contributed by atoms with E-state index in [0.717, 1.165) is 19.3 Å². The standard InChI is InChI=1S/C20H26N2O6/c1-12(11-13(2)21-16(23)7-8-17(21)24)14-3-5-15(6-4-14)20(27)28-22-18(25)9-10-19(22)26/h7-8,12-15H,3-6,9-11H2,1-2H3. The molecule has 0 aromatic rings. The van der Waals surface area contributed by atoms with E-state index in [9.17, 15) is 24.0 Å². The van der Waals surface area contributed by atoms with E-state index in [1.807, 2.05) is 6.92 Å².